The molecule has 2 heterocycles. The Labute approximate surface area is 200 Å². The standard InChI is InChI=1S/C14H16N2O14S4/c1-13(33(23,24)25,15-7(17)3-4-8(15)18)11(21)29-31-32-30-12(22)14(2,34(26,27)28)16-9(19)5-6-10(16)20/h3-6H2,1-2H3,(H,23,24,25)(H,26,27,28). The van der Waals surface area contributed by atoms with Gasteiger partial charge < -0.3 is 8.37 Å². The predicted octanol–water partition coefficient (Wildman–Crippen LogP) is -1.21. The highest BCUT2D eigenvalue weighted by Crippen LogP contribution is 2.36. The van der Waals surface area contributed by atoms with Crippen LogP contribution in [0.2, 0.25) is 0 Å². The molecule has 0 radical (unpaired) electrons. The van der Waals surface area contributed by atoms with Crippen LogP contribution in [0.25, 0.3) is 0 Å². The summed E-state index contributed by atoms with van der Waals surface area (Å²) < 4.78 is 75.1. The average molecular weight is 565 g/mol. The van der Waals surface area contributed by atoms with E-state index < -0.39 is 91.2 Å². The van der Waals surface area contributed by atoms with E-state index >= 15 is 0 Å². The van der Waals surface area contributed by atoms with Crippen LogP contribution in [0.4, 0.5) is 0 Å². The number of rotatable bonds is 9. The smallest absolute Gasteiger partial charge is 0.363 e. The molecule has 0 aromatic carbocycles. The third-order valence-electron chi connectivity index (χ3n) is 4.97. The van der Waals surface area contributed by atoms with Gasteiger partial charge in [-0.25, -0.2) is 19.4 Å². The number of nitrogens with zero attached hydrogens (tertiary/aromatic N) is 2. The molecule has 20 heteroatoms. The lowest BCUT2D eigenvalue weighted by atomic mass is 10.3. The number of hydrogen-bond acceptors (Lipinski definition) is 14. The molecule has 2 saturated heterocycles. The zero-order valence-corrected chi connectivity index (χ0v) is 20.4. The molecular weight excluding hydrogens is 548 g/mol. The molecule has 2 aliphatic rings. The molecule has 0 saturated carbocycles. The Morgan fingerprint density at radius 2 is 0.941 bits per heavy atom. The van der Waals surface area contributed by atoms with Crippen LogP contribution in [0.15, 0.2) is 0 Å². The van der Waals surface area contributed by atoms with Gasteiger partial charge in [0, 0.05) is 25.7 Å². The number of amides is 4. The molecule has 190 valence electrons. The monoisotopic (exact) mass is 564 g/mol. The second-order valence-corrected chi connectivity index (χ2v) is 12.0. The SMILES string of the molecule is CC(C(=O)OSSOC(=O)C(C)(N1C(=O)CCC1=O)S(=O)(=O)O)(N1C(=O)CCC1=O)S(=O)(=O)O. The van der Waals surface area contributed by atoms with Crippen LogP contribution in [0, 0.1) is 0 Å². The Bertz CT molecular complexity index is 1060. The molecule has 2 N–H and O–H groups in total. The van der Waals surface area contributed by atoms with E-state index in [4.69, 9.17) is 0 Å². The Hall–Kier alpha value is -2.26. The van der Waals surface area contributed by atoms with Crippen LogP contribution in [0.1, 0.15) is 39.5 Å². The van der Waals surface area contributed by atoms with Gasteiger partial charge in [-0.2, -0.15) is 16.8 Å². The van der Waals surface area contributed by atoms with Gasteiger partial charge in [-0.05, 0) is 13.8 Å². The summed E-state index contributed by atoms with van der Waals surface area (Å²) in [5.74, 6) is -8.06. The first-order chi connectivity index (χ1) is 15.4. The fourth-order valence-electron chi connectivity index (χ4n) is 2.97. The van der Waals surface area contributed by atoms with Gasteiger partial charge in [-0.3, -0.25) is 28.3 Å². The van der Waals surface area contributed by atoms with Crippen LogP contribution in [0.3, 0.4) is 0 Å². The van der Waals surface area contributed by atoms with E-state index in [9.17, 15) is 54.7 Å². The van der Waals surface area contributed by atoms with Crippen molar-refractivity contribution in [2.45, 2.75) is 49.3 Å². The molecule has 2 rings (SSSR count). The van der Waals surface area contributed by atoms with Crippen molar-refractivity contribution in [1.82, 2.24) is 9.80 Å². The minimum atomic E-state index is -5.45. The Kier molecular flexibility index (Phi) is 7.75. The molecule has 2 unspecified atom stereocenters. The van der Waals surface area contributed by atoms with Crippen LogP contribution in [-0.4, -0.2) is 81.1 Å². The van der Waals surface area contributed by atoms with Gasteiger partial charge in [-0.1, -0.05) is 0 Å². The highest BCUT2D eigenvalue weighted by molar-refractivity contribution is 8.73. The first kappa shape index (κ1) is 28.0. The minimum Gasteiger partial charge on any atom is -0.373 e. The summed E-state index contributed by atoms with van der Waals surface area (Å²) in [5, 5.41) is 0. The summed E-state index contributed by atoms with van der Waals surface area (Å²) in [6.07, 6.45) is -1.73. The fraction of sp³-hybridized carbons (Fsp3) is 0.571. The summed E-state index contributed by atoms with van der Waals surface area (Å²) in [6.45, 7) is 1.03. The molecular formula is C14H16N2O14S4. The van der Waals surface area contributed by atoms with Gasteiger partial charge >= 0.3 is 32.2 Å². The van der Waals surface area contributed by atoms with Gasteiger partial charge in [0.05, 0.1) is 0 Å². The first-order valence-corrected chi connectivity index (χ1v) is 13.7. The van der Waals surface area contributed by atoms with E-state index in [0.29, 0.717) is 13.8 Å². The molecule has 2 fully saturated rings. The molecule has 0 aromatic rings. The lowest BCUT2D eigenvalue weighted by Crippen LogP contribution is -2.60. The molecule has 0 aromatic heterocycles. The zero-order chi connectivity index (χ0) is 26.3. The lowest BCUT2D eigenvalue weighted by Gasteiger charge is -2.31. The van der Waals surface area contributed by atoms with Crippen LogP contribution in [0.5, 0.6) is 0 Å². The summed E-state index contributed by atoms with van der Waals surface area (Å²) in [6, 6.07) is 0. The molecule has 2 atom stereocenters. The van der Waals surface area contributed by atoms with Gasteiger partial charge in [0.1, 0.15) is 0 Å². The maximum Gasteiger partial charge on any atom is 0.363 e. The summed E-state index contributed by atoms with van der Waals surface area (Å²) in [7, 11) is -10.9. The Balaban J connectivity index is 2.15. The van der Waals surface area contributed by atoms with Crippen molar-refractivity contribution < 1.29 is 63.1 Å². The molecule has 0 spiro atoms. The summed E-state index contributed by atoms with van der Waals surface area (Å²) in [4.78, 5) is 65.9. The van der Waals surface area contributed by atoms with Crippen LogP contribution in [-0.2, 0) is 57.4 Å². The highest BCUT2D eigenvalue weighted by Gasteiger charge is 2.60. The average Bonchev–Trinajstić information content (AvgIpc) is 3.22. The maximum atomic E-state index is 12.4. The van der Waals surface area contributed by atoms with Crippen LogP contribution < -0.4 is 0 Å². The van der Waals surface area contributed by atoms with E-state index in [0.717, 1.165) is 0 Å². The molecule has 34 heavy (non-hydrogen) atoms. The Morgan fingerprint density at radius 1 is 0.706 bits per heavy atom. The maximum absolute atomic E-state index is 12.4. The molecule has 16 nitrogen and oxygen atoms in total. The van der Waals surface area contributed by atoms with E-state index in [-0.39, 0.29) is 31.9 Å². The van der Waals surface area contributed by atoms with E-state index in [1.54, 1.807) is 0 Å². The summed E-state index contributed by atoms with van der Waals surface area (Å²) >= 11 is -0.402. The van der Waals surface area contributed by atoms with E-state index in [1.165, 1.54) is 0 Å². The minimum absolute atomic E-state index is 0.00189. The van der Waals surface area contributed by atoms with Crippen molar-refractivity contribution >= 4 is 78.0 Å². The Morgan fingerprint density at radius 3 is 1.15 bits per heavy atom. The number of hydrogen-bond donors (Lipinski definition) is 2. The third kappa shape index (κ3) is 4.64. The zero-order valence-electron chi connectivity index (χ0n) is 17.1. The van der Waals surface area contributed by atoms with Gasteiger partial charge in [0.2, 0.25) is 23.6 Å². The van der Waals surface area contributed by atoms with Gasteiger partial charge in [0.15, 0.2) is 22.1 Å². The topological polar surface area (TPSA) is 236 Å². The second-order valence-electron chi connectivity index (χ2n) is 7.04. The quantitative estimate of drug-likeness (QED) is 0.110. The van der Waals surface area contributed by atoms with E-state index in [2.05, 4.69) is 8.37 Å². The fourth-order valence-corrected chi connectivity index (χ4v) is 5.49. The highest BCUT2D eigenvalue weighted by atomic mass is 33.1. The largest absolute Gasteiger partial charge is 0.373 e. The number of imide groups is 2. The van der Waals surface area contributed by atoms with Crippen molar-refractivity contribution in [1.29, 1.82) is 0 Å². The molecule has 2 aliphatic heterocycles. The van der Waals surface area contributed by atoms with Crippen molar-refractivity contribution in [3.8, 4) is 0 Å². The summed E-state index contributed by atoms with van der Waals surface area (Å²) in [5.41, 5.74) is 0. The normalized spacial score (nSPS) is 20.8. The van der Waals surface area contributed by atoms with Gasteiger partial charge in [0.25, 0.3) is 9.74 Å². The van der Waals surface area contributed by atoms with Crippen molar-refractivity contribution in [3.63, 3.8) is 0 Å². The van der Waals surface area contributed by atoms with Crippen molar-refractivity contribution in [2.75, 3.05) is 0 Å². The lowest BCUT2D eigenvalue weighted by molar-refractivity contribution is -0.154. The first-order valence-electron chi connectivity index (χ1n) is 8.83. The van der Waals surface area contributed by atoms with Crippen molar-refractivity contribution in [3.05, 3.63) is 0 Å². The predicted molar refractivity (Wildman–Crippen MR) is 109 cm³/mol. The van der Waals surface area contributed by atoms with Crippen molar-refractivity contribution in [2.24, 2.45) is 0 Å². The molecule has 4 amide bonds. The molecule has 0 aliphatic carbocycles. The second kappa shape index (κ2) is 9.41. The van der Waals surface area contributed by atoms with E-state index in [1.807, 2.05) is 0 Å². The van der Waals surface area contributed by atoms with Crippen LogP contribution >= 0.6 is 22.1 Å². The van der Waals surface area contributed by atoms with Gasteiger partial charge in [-0.15, -0.1) is 0 Å². The number of carbonyl (C=O) groups excluding carboxylic acids is 6. The number of likely N-dealkylation sites (tertiary alicyclic amines) is 2. The number of carbonyl (C=O) groups is 6. The molecule has 0 bridgehead atoms. The third-order valence-corrected chi connectivity index (χ3v) is 8.74.